The van der Waals surface area contributed by atoms with E-state index in [9.17, 15) is 0 Å². The van der Waals surface area contributed by atoms with Gasteiger partial charge in [0.05, 0.1) is 22.4 Å². The Bertz CT molecular complexity index is 4120. The van der Waals surface area contributed by atoms with Gasteiger partial charge in [-0.25, -0.2) is 0 Å². The van der Waals surface area contributed by atoms with Crippen LogP contribution >= 0.6 is 11.3 Å². The second-order valence-electron chi connectivity index (χ2n) is 19.6. The Balaban J connectivity index is 0.000000331. The monoisotopic (exact) mass is 1110 g/mol. The van der Waals surface area contributed by atoms with E-state index in [2.05, 4.69) is 149 Å². The molecule has 4 aromatic heterocycles. The number of benzene rings is 8. The van der Waals surface area contributed by atoms with Crippen molar-refractivity contribution in [1.82, 2.24) is 14.5 Å². The second kappa shape index (κ2) is 18.6. The Morgan fingerprint density at radius 2 is 1.43 bits per heavy atom. The summed E-state index contributed by atoms with van der Waals surface area (Å²) in [5.41, 5.74) is 11.5. The van der Waals surface area contributed by atoms with Crippen LogP contribution in [0.3, 0.4) is 0 Å². The SMILES string of the molecule is CC(C)(C)c1ccnc(-c2[c-]cccc2)c1.[2H]C([2H])([2H])c1sc2ccc3nc(-c4[c-]ccc5c4oc4cc6c(ccc7ccccc76)cc45)n(-c4c(C(C)C)cc(-c5ccccc5)cc4C(C)C)c3c2c1C([2H])([2H])[2H].[Ir]. The van der Waals surface area contributed by atoms with Crippen molar-refractivity contribution in [3.8, 4) is 39.5 Å². The van der Waals surface area contributed by atoms with Crippen LogP contribution in [0.2, 0.25) is 0 Å². The van der Waals surface area contributed by atoms with Crippen LogP contribution in [-0.4, -0.2) is 14.5 Å². The van der Waals surface area contributed by atoms with Gasteiger partial charge in [-0.2, -0.15) is 0 Å². The van der Waals surface area contributed by atoms with Crippen LogP contribution in [0.15, 0.2) is 162 Å². The minimum atomic E-state index is -2.72. The van der Waals surface area contributed by atoms with Crippen molar-refractivity contribution in [2.24, 2.45) is 0 Å². The zero-order chi connectivity index (χ0) is 52.7. The largest absolute Gasteiger partial charge is 0.501 e. The van der Waals surface area contributed by atoms with E-state index in [4.69, 9.17) is 17.6 Å². The number of aromatic nitrogens is 3. The van der Waals surface area contributed by atoms with E-state index in [0.29, 0.717) is 38.1 Å². The summed E-state index contributed by atoms with van der Waals surface area (Å²) >= 11 is 1.02. The van der Waals surface area contributed by atoms with Gasteiger partial charge in [-0.15, -0.1) is 65.4 Å². The summed E-state index contributed by atoms with van der Waals surface area (Å²) in [5.74, 6) is 0.597. The van der Waals surface area contributed by atoms with Gasteiger partial charge < -0.3 is 14.0 Å². The molecule has 12 rings (SSSR count). The molecule has 70 heavy (non-hydrogen) atoms. The van der Waals surface area contributed by atoms with Gasteiger partial charge in [0.25, 0.3) is 0 Å². The summed E-state index contributed by atoms with van der Waals surface area (Å²) < 4.78 is 61.3. The Morgan fingerprint density at radius 3 is 2.16 bits per heavy atom. The van der Waals surface area contributed by atoms with Gasteiger partial charge in [-0.05, 0) is 134 Å². The fraction of sp³-hybridized carbons (Fsp3) is 0.188. The molecule has 0 aliphatic rings. The molecule has 0 atom stereocenters. The number of thiophene rings is 1. The van der Waals surface area contributed by atoms with Crippen molar-refractivity contribution in [2.75, 3.05) is 0 Å². The van der Waals surface area contributed by atoms with Crippen molar-refractivity contribution < 1.29 is 32.7 Å². The number of nitrogens with zero attached hydrogens (tertiary/aromatic N) is 3. The summed E-state index contributed by atoms with van der Waals surface area (Å²) in [6.45, 7) is 9.93. The topological polar surface area (TPSA) is 43.9 Å². The van der Waals surface area contributed by atoms with E-state index >= 15 is 0 Å². The van der Waals surface area contributed by atoms with E-state index in [1.165, 1.54) is 5.56 Å². The first-order valence-electron chi connectivity index (χ1n) is 26.6. The maximum absolute atomic E-state index is 8.78. The molecule has 0 N–H and O–H groups in total. The number of hydrogen-bond acceptors (Lipinski definition) is 4. The first kappa shape index (κ1) is 40.1. The van der Waals surface area contributed by atoms with Crippen LogP contribution in [0.1, 0.15) is 95.7 Å². The molecule has 0 fully saturated rings. The van der Waals surface area contributed by atoms with E-state index in [-0.39, 0.29) is 47.8 Å². The first-order chi connectivity index (χ1) is 35.8. The average Bonchev–Trinajstić information content (AvgIpc) is 4.29. The molecule has 0 aliphatic heterocycles. The molecule has 6 heteroatoms. The smallest absolute Gasteiger partial charge is 0.121 e. The van der Waals surface area contributed by atoms with Crippen LogP contribution < -0.4 is 0 Å². The normalized spacial score (nSPS) is 13.6. The fourth-order valence-electron chi connectivity index (χ4n) is 9.76. The number of pyridine rings is 1. The van der Waals surface area contributed by atoms with Crippen molar-refractivity contribution in [1.29, 1.82) is 0 Å². The predicted molar refractivity (Wildman–Crippen MR) is 293 cm³/mol. The summed E-state index contributed by atoms with van der Waals surface area (Å²) in [4.78, 5) is 9.61. The van der Waals surface area contributed by atoms with E-state index in [1.54, 1.807) is 6.07 Å². The van der Waals surface area contributed by atoms with Crippen LogP contribution in [0.5, 0.6) is 0 Å². The van der Waals surface area contributed by atoms with Gasteiger partial charge in [-0.3, -0.25) is 4.98 Å². The molecule has 0 bridgehead atoms. The maximum atomic E-state index is 8.78. The molecule has 0 spiro atoms. The third-order valence-corrected chi connectivity index (χ3v) is 14.3. The summed E-state index contributed by atoms with van der Waals surface area (Å²) in [5, 5.41) is 6.73. The molecule has 0 saturated carbocycles. The van der Waals surface area contributed by atoms with Crippen molar-refractivity contribution in [3.63, 3.8) is 0 Å². The molecule has 0 unspecified atom stereocenters. The fourth-order valence-corrected chi connectivity index (χ4v) is 10.6. The zero-order valence-electron chi connectivity index (χ0n) is 46.2. The van der Waals surface area contributed by atoms with E-state index in [0.717, 1.165) is 88.4 Å². The first-order valence-corrected chi connectivity index (χ1v) is 24.4. The number of hydrogen-bond donors (Lipinski definition) is 0. The van der Waals surface area contributed by atoms with Gasteiger partial charge in [0, 0.05) is 60.6 Å². The van der Waals surface area contributed by atoms with Crippen molar-refractivity contribution in [2.45, 2.75) is 79.4 Å². The van der Waals surface area contributed by atoms with Crippen LogP contribution in [-0.2, 0) is 25.5 Å². The Kier molecular flexibility index (Phi) is 10.6. The standard InChI is InChI=1S/C49H39N2OS.C15H16N.Ir/c1-27(2)38-24-34(31-13-8-7-9-14-31)25-39(28(3)4)46(38)51-47-42(21-22-44-45(47)29(5)30(6)53-44)50-49(51)37-18-12-17-36-41-23-33-20-19-32-15-10-11-16-35(32)40(33)26-43(41)52-48(36)37;1-15(2,3)13-9-10-16-14(11-13)12-7-5-4-6-8-12;/h7-17,19-28H,1-6H3;4-7,9-11H,1-3H3;/q2*-1;/i5D3,6D3;;. The van der Waals surface area contributed by atoms with Crippen molar-refractivity contribution >= 4 is 75.9 Å². The van der Waals surface area contributed by atoms with E-state index in [1.807, 2.05) is 72.9 Å². The molecule has 8 aromatic carbocycles. The number of rotatable bonds is 6. The molecule has 4 heterocycles. The molecule has 4 nitrogen and oxygen atoms in total. The molecule has 0 saturated heterocycles. The summed E-state index contributed by atoms with van der Waals surface area (Å²) in [6.07, 6.45) is 1.87. The quantitative estimate of drug-likeness (QED) is 0.123. The third kappa shape index (κ3) is 8.26. The Hall–Kier alpha value is -6.69. The molecule has 12 aromatic rings. The minimum Gasteiger partial charge on any atom is -0.501 e. The zero-order valence-corrected chi connectivity index (χ0v) is 43.4. The Morgan fingerprint density at radius 1 is 0.671 bits per heavy atom. The minimum absolute atomic E-state index is 0. The number of fused-ring (bicyclic) bond motifs is 9. The third-order valence-electron chi connectivity index (χ3n) is 13.3. The predicted octanol–water partition coefficient (Wildman–Crippen LogP) is 18.3. The molecule has 1 radical (unpaired) electrons. The average molecular weight is 1110 g/mol. The molecule has 0 aliphatic carbocycles. The van der Waals surface area contributed by atoms with Gasteiger partial charge in [-0.1, -0.05) is 132 Å². The molecule has 0 amide bonds. The molecular weight excluding hydrogens is 1050 g/mol. The van der Waals surface area contributed by atoms with Gasteiger partial charge in [0.15, 0.2) is 0 Å². The summed E-state index contributed by atoms with van der Waals surface area (Å²) in [6, 6.07) is 58.1. The maximum Gasteiger partial charge on any atom is 0.121 e. The van der Waals surface area contributed by atoms with Gasteiger partial charge in [0.1, 0.15) is 5.58 Å². The van der Waals surface area contributed by atoms with E-state index < -0.39 is 13.7 Å². The Labute approximate surface area is 436 Å². The number of aryl methyl sites for hydroxylation is 2. The second-order valence-corrected chi connectivity index (χ2v) is 20.6. The van der Waals surface area contributed by atoms with Crippen molar-refractivity contribution in [3.05, 3.63) is 197 Å². The van der Waals surface area contributed by atoms with Gasteiger partial charge >= 0.3 is 0 Å². The van der Waals surface area contributed by atoms with Crippen LogP contribution in [0.25, 0.3) is 104 Å². The van der Waals surface area contributed by atoms with Gasteiger partial charge in [0.2, 0.25) is 0 Å². The van der Waals surface area contributed by atoms with Crippen LogP contribution in [0.4, 0.5) is 0 Å². The molecular formula is C64H55IrN3OS-2. The summed E-state index contributed by atoms with van der Waals surface area (Å²) in [7, 11) is 0. The number of imidazole rings is 1. The van der Waals surface area contributed by atoms with Crippen LogP contribution in [0, 0.1) is 25.8 Å². The number of furan rings is 1. The molecule has 349 valence electrons.